The van der Waals surface area contributed by atoms with Gasteiger partial charge in [-0.15, -0.1) is 0 Å². The van der Waals surface area contributed by atoms with E-state index >= 15 is 0 Å². The first-order valence-electron chi connectivity index (χ1n) is 7.83. The average molecular weight is 357 g/mol. The van der Waals surface area contributed by atoms with Crippen molar-refractivity contribution in [1.29, 1.82) is 0 Å². The summed E-state index contributed by atoms with van der Waals surface area (Å²) in [6.45, 7) is 11.6. The molecule has 21 heavy (non-hydrogen) atoms. The minimum absolute atomic E-state index is 0.344. The van der Waals surface area contributed by atoms with Crippen LogP contribution in [0.4, 0.5) is 5.69 Å². The van der Waals surface area contributed by atoms with Crippen molar-refractivity contribution in [1.82, 2.24) is 5.32 Å². The molecule has 0 aliphatic heterocycles. The van der Waals surface area contributed by atoms with E-state index in [0.717, 1.165) is 30.6 Å². The molecule has 2 atom stereocenters. The molecule has 120 valence electrons. The van der Waals surface area contributed by atoms with Crippen molar-refractivity contribution in [2.24, 2.45) is 0 Å². The van der Waals surface area contributed by atoms with Crippen LogP contribution in [0.3, 0.4) is 0 Å². The van der Waals surface area contributed by atoms with Crippen LogP contribution in [0.25, 0.3) is 0 Å². The standard InChI is InChI=1S/C17H29BrN2O/c1-6-10-19-14(4)16-9-8-15(18)11-17(16)20(7-2)13(3)12-21-5/h8-9,11,13-14,19H,6-7,10,12H2,1-5H3. The van der Waals surface area contributed by atoms with Crippen molar-refractivity contribution in [3.63, 3.8) is 0 Å². The summed E-state index contributed by atoms with van der Waals surface area (Å²) in [5, 5.41) is 3.59. The highest BCUT2D eigenvalue weighted by atomic mass is 79.9. The maximum absolute atomic E-state index is 5.33. The zero-order chi connectivity index (χ0) is 15.8. The molecule has 0 bridgehead atoms. The first kappa shape index (κ1) is 18.5. The molecular formula is C17H29BrN2O. The van der Waals surface area contributed by atoms with Crippen molar-refractivity contribution in [3.05, 3.63) is 28.2 Å². The first-order valence-corrected chi connectivity index (χ1v) is 8.62. The van der Waals surface area contributed by atoms with Gasteiger partial charge in [0.1, 0.15) is 0 Å². The summed E-state index contributed by atoms with van der Waals surface area (Å²) in [7, 11) is 1.76. The number of anilines is 1. The molecular weight excluding hydrogens is 328 g/mol. The topological polar surface area (TPSA) is 24.5 Å². The number of likely N-dealkylation sites (N-methyl/N-ethyl adjacent to an activating group) is 1. The van der Waals surface area contributed by atoms with E-state index in [4.69, 9.17) is 4.74 Å². The highest BCUT2D eigenvalue weighted by Gasteiger charge is 2.19. The van der Waals surface area contributed by atoms with E-state index in [1.165, 1.54) is 11.3 Å². The van der Waals surface area contributed by atoms with Gasteiger partial charge < -0.3 is 15.0 Å². The second kappa shape index (κ2) is 9.44. The fourth-order valence-electron chi connectivity index (χ4n) is 2.65. The SMILES string of the molecule is CCCNC(C)c1ccc(Br)cc1N(CC)C(C)COC. The summed E-state index contributed by atoms with van der Waals surface area (Å²) in [6.07, 6.45) is 1.15. The smallest absolute Gasteiger partial charge is 0.0663 e. The van der Waals surface area contributed by atoms with Crippen molar-refractivity contribution >= 4 is 21.6 Å². The van der Waals surface area contributed by atoms with Crippen LogP contribution in [-0.4, -0.2) is 32.8 Å². The molecule has 1 N–H and O–H groups in total. The number of nitrogens with one attached hydrogen (secondary N) is 1. The van der Waals surface area contributed by atoms with Gasteiger partial charge in [0, 0.05) is 35.9 Å². The van der Waals surface area contributed by atoms with E-state index in [2.05, 4.69) is 72.0 Å². The molecule has 1 aromatic carbocycles. The predicted molar refractivity (Wildman–Crippen MR) is 95.2 cm³/mol. The van der Waals surface area contributed by atoms with Crippen molar-refractivity contribution in [3.8, 4) is 0 Å². The van der Waals surface area contributed by atoms with Crippen LogP contribution in [0.15, 0.2) is 22.7 Å². The lowest BCUT2D eigenvalue weighted by Gasteiger charge is -2.33. The van der Waals surface area contributed by atoms with Gasteiger partial charge in [-0.3, -0.25) is 0 Å². The Kier molecular flexibility index (Phi) is 8.30. The number of ether oxygens (including phenoxy) is 1. The lowest BCUT2D eigenvalue weighted by Crippen LogP contribution is -2.37. The number of hydrogen-bond donors (Lipinski definition) is 1. The molecule has 0 spiro atoms. The van der Waals surface area contributed by atoms with E-state index in [0.29, 0.717) is 12.1 Å². The molecule has 0 saturated heterocycles. The Morgan fingerprint density at radius 3 is 2.57 bits per heavy atom. The van der Waals surface area contributed by atoms with Crippen LogP contribution in [0.5, 0.6) is 0 Å². The largest absolute Gasteiger partial charge is 0.383 e. The van der Waals surface area contributed by atoms with Gasteiger partial charge in [-0.05, 0) is 51.4 Å². The molecule has 0 aliphatic carbocycles. The molecule has 1 aromatic rings. The molecule has 1 rings (SSSR count). The number of nitrogens with zero attached hydrogens (tertiary/aromatic N) is 1. The minimum Gasteiger partial charge on any atom is -0.383 e. The van der Waals surface area contributed by atoms with Crippen LogP contribution in [-0.2, 0) is 4.74 Å². The Morgan fingerprint density at radius 1 is 1.29 bits per heavy atom. The Hall–Kier alpha value is -0.580. The zero-order valence-corrected chi connectivity index (χ0v) is 15.5. The van der Waals surface area contributed by atoms with Gasteiger partial charge >= 0.3 is 0 Å². The second-order valence-corrected chi connectivity index (χ2v) is 6.39. The van der Waals surface area contributed by atoms with Gasteiger partial charge in [0.25, 0.3) is 0 Å². The Morgan fingerprint density at radius 2 is 2.00 bits per heavy atom. The summed E-state index contributed by atoms with van der Waals surface area (Å²) in [5.41, 5.74) is 2.63. The normalized spacial score (nSPS) is 14.0. The molecule has 2 unspecified atom stereocenters. The van der Waals surface area contributed by atoms with E-state index < -0.39 is 0 Å². The summed E-state index contributed by atoms with van der Waals surface area (Å²) < 4.78 is 6.45. The molecule has 3 nitrogen and oxygen atoms in total. The molecule has 0 saturated carbocycles. The lowest BCUT2D eigenvalue weighted by atomic mass is 10.0. The summed E-state index contributed by atoms with van der Waals surface area (Å²) in [4.78, 5) is 2.41. The monoisotopic (exact) mass is 356 g/mol. The van der Waals surface area contributed by atoms with Crippen molar-refractivity contribution in [2.45, 2.75) is 46.2 Å². The van der Waals surface area contributed by atoms with Crippen LogP contribution in [0.2, 0.25) is 0 Å². The summed E-state index contributed by atoms with van der Waals surface area (Å²) in [6, 6.07) is 7.25. The summed E-state index contributed by atoms with van der Waals surface area (Å²) >= 11 is 3.61. The van der Waals surface area contributed by atoms with E-state index in [9.17, 15) is 0 Å². The highest BCUT2D eigenvalue weighted by molar-refractivity contribution is 9.10. The van der Waals surface area contributed by atoms with Crippen molar-refractivity contribution < 1.29 is 4.74 Å². The molecule has 0 radical (unpaired) electrons. The number of rotatable bonds is 9. The van der Waals surface area contributed by atoms with Crippen LogP contribution in [0.1, 0.15) is 45.7 Å². The van der Waals surface area contributed by atoms with E-state index in [-0.39, 0.29) is 0 Å². The third kappa shape index (κ3) is 5.28. The molecule has 0 aliphatic rings. The number of halogens is 1. The Labute approximate surface area is 138 Å². The minimum atomic E-state index is 0.344. The Bertz CT molecular complexity index is 425. The van der Waals surface area contributed by atoms with Crippen LogP contribution in [0, 0.1) is 0 Å². The van der Waals surface area contributed by atoms with E-state index in [1.54, 1.807) is 7.11 Å². The third-order valence-electron chi connectivity index (χ3n) is 3.75. The van der Waals surface area contributed by atoms with Gasteiger partial charge in [-0.25, -0.2) is 0 Å². The fourth-order valence-corrected chi connectivity index (χ4v) is 3.00. The first-order chi connectivity index (χ1) is 10.0. The van der Waals surface area contributed by atoms with Crippen LogP contribution < -0.4 is 10.2 Å². The average Bonchev–Trinajstić information content (AvgIpc) is 2.46. The molecule has 0 heterocycles. The maximum Gasteiger partial charge on any atom is 0.0663 e. The van der Waals surface area contributed by atoms with Gasteiger partial charge in [0.05, 0.1) is 6.61 Å². The molecule has 0 aromatic heterocycles. The third-order valence-corrected chi connectivity index (χ3v) is 4.24. The molecule has 0 fully saturated rings. The number of benzene rings is 1. The zero-order valence-electron chi connectivity index (χ0n) is 13.9. The number of methoxy groups -OCH3 is 1. The maximum atomic E-state index is 5.33. The van der Waals surface area contributed by atoms with Gasteiger partial charge in [0.15, 0.2) is 0 Å². The fraction of sp³-hybridized carbons (Fsp3) is 0.647. The highest BCUT2D eigenvalue weighted by Crippen LogP contribution is 2.31. The second-order valence-electron chi connectivity index (χ2n) is 5.47. The summed E-state index contributed by atoms with van der Waals surface area (Å²) in [5.74, 6) is 0. The van der Waals surface area contributed by atoms with Crippen molar-refractivity contribution in [2.75, 3.05) is 31.7 Å². The van der Waals surface area contributed by atoms with Gasteiger partial charge in [-0.1, -0.05) is 28.9 Å². The molecule has 4 heteroatoms. The molecule has 0 amide bonds. The Balaban J connectivity index is 3.09. The predicted octanol–water partition coefficient (Wildman–Crippen LogP) is 4.37. The lowest BCUT2D eigenvalue weighted by molar-refractivity contribution is 0.182. The van der Waals surface area contributed by atoms with Crippen LogP contribution >= 0.6 is 15.9 Å². The van der Waals surface area contributed by atoms with Gasteiger partial charge in [0.2, 0.25) is 0 Å². The van der Waals surface area contributed by atoms with Gasteiger partial charge in [-0.2, -0.15) is 0 Å². The van der Waals surface area contributed by atoms with E-state index in [1.807, 2.05) is 0 Å². The quantitative estimate of drug-likeness (QED) is 0.710. The number of hydrogen-bond acceptors (Lipinski definition) is 3.